The second-order valence-electron chi connectivity index (χ2n) is 8.93. The van der Waals surface area contributed by atoms with Crippen molar-refractivity contribution in [1.29, 1.82) is 0 Å². The highest BCUT2D eigenvalue weighted by atomic mass is 79.9. The lowest BCUT2D eigenvalue weighted by molar-refractivity contribution is -0.132. The molecule has 1 aromatic heterocycles. The Hall–Kier alpha value is -2.42. The molecule has 36 heavy (non-hydrogen) atoms. The Kier molecular flexibility index (Phi) is 10.8. The van der Waals surface area contributed by atoms with Crippen LogP contribution in [0.5, 0.6) is 0 Å². The first-order valence-corrected chi connectivity index (χ1v) is 14.8. The molecule has 0 aliphatic rings. The molecule has 0 spiro atoms. The predicted octanol–water partition coefficient (Wildman–Crippen LogP) is 5.92. The Balaban J connectivity index is 1.79. The Labute approximate surface area is 224 Å². The second kappa shape index (κ2) is 13.8. The number of rotatable bonds is 14. The van der Waals surface area contributed by atoms with Gasteiger partial charge in [-0.15, -0.1) is 0 Å². The SMILES string of the molecule is CCCCN(Cc1cccn1Cc1ccc(Br)cc1)C(=O)CN(CCCC)S(=O)(=O)c1ccccc1. The van der Waals surface area contributed by atoms with Gasteiger partial charge in [-0.2, -0.15) is 4.31 Å². The Morgan fingerprint density at radius 2 is 1.56 bits per heavy atom. The minimum atomic E-state index is -3.76. The second-order valence-corrected chi connectivity index (χ2v) is 11.8. The van der Waals surface area contributed by atoms with E-state index in [0.29, 0.717) is 32.6 Å². The number of sulfonamides is 1. The third-order valence-corrected chi connectivity index (χ3v) is 8.52. The van der Waals surface area contributed by atoms with Crippen molar-refractivity contribution in [2.75, 3.05) is 19.6 Å². The molecular formula is C28H36BrN3O3S. The Morgan fingerprint density at radius 1 is 0.889 bits per heavy atom. The molecular weight excluding hydrogens is 538 g/mol. The van der Waals surface area contributed by atoms with Gasteiger partial charge < -0.3 is 9.47 Å². The molecule has 6 nitrogen and oxygen atoms in total. The van der Waals surface area contributed by atoms with Crippen LogP contribution in [-0.4, -0.2) is 47.7 Å². The lowest BCUT2D eigenvalue weighted by Crippen LogP contribution is -2.43. The molecule has 0 saturated heterocycles. The number of aromatic nitrogens is 1. The number of nitrogens with zero attached hydrogens (tertiary/aromatic N) is 3. The highest BCUT2D eigenvalue weighted by Crippen LogP contribution is 2.18. The summed E-state index contributed by atoms with van der Waals surface area (Å²) in [4.78, 5) is 15.6. The maximum Gasteiger partial charge on any atom is 0.243 e. The lowest BCUT2D eigenvalue weighted by atomic mass is 10.2. The number of unbranched alkanes of at least 4 members (excludes halogenated alkanes) is 2. The highest BCUT2D eigenvalue weighted by molar-refractivity contribution is 9.10. The van der Waals surface area contributed by atoms with Gasteiger partial charge in [-0.25, -0.2) is 8.42 Å². The molecule has 0 aliphatic carbocycles. The maximum atomic E-state index is 13.5. The van der Waals surface area contributed by atoms with Crippen LogP contribution < -0.4 is 0 Å². The van der Waals surface area contributed by atoms with Crippen LogP contribution in [0, 0.1) is 0 Å². The van der Waals surface area contributed by atoms with E-state index in [4.69, 9.17) is 0 Å². The molecule has 0 radical (unpaired) electrons. The zero-order valence-corrected chi connectivity index (χ0v) is 23.5. The van der Waals surface area contributed by atoms with Crippen LogP contribution in [0.3, 0.4) is 0 Å². The normalized spacial score (nSPS) is 11.7. The van der Waals surface area contributed by atoms with Crippen LogP contribution in [0.15, 0.2) is 82.3 Å². The lowest BCUT2D eigenvalue weighted by Gasteiger charge is -2.28. The van der Waals surface area contributed by atoms with E-state index in [2.05, 4.69) is 39.6 Å². The van der Waals surface area contributed by atoms with Gasteiger partial charge in [-0.3, -0.25) is 4.79 Å². The molecule has 194 valence electrons. The predicted molar refractivity (Wildman–Crippen MR) is 148 cm³/mol. The number of benzene rings is 2. The summed E-state index contributed by atoms with van der Waals surface area (Å²) in [6.45, 7) is 6.00. The third kappa shape index (κ3) is 7.79. The van der Waals surface area contributed by atoms with Gasteiger partial charge >= 0.3 is 0 Å². The van der Waals surface area contributed by atoms with Crippen LogP contribution in [0.4, 0.5) is 0 Å². The molecule has 1 amide bonds. The summed E-state index contributed by atoms with van der Waals surface area (Å²) in [5.41, 5.74) is 2.19. The molecule has 0 N–H and O–H groups in total. The van der Waals surface area contributed by atoms with Crippen molar-refractivity contribution >= 4 is 31.9 Å². The molecule has 8 heteroatoms. The van der Waals surface area contributed by atoms with Gasteiger partial charge in [0.2, 0.25) is 15.9 Å². The standard InChI is InChI=1S/C28H36BrN3O3S/c1-3-5-18-31(22-26-11-10-19-30(26)21-24-14-16-25(29)17-15-24)28(33)23-32(20-6-4-2)36(34,35)27-12-8-7-9-13-27/h7-17,19H,3-6,18,20-23H2,1-2H3. The van der Waals surface area contributed by atoms with Crippen molar-refractivity contribution in [2.45, 2.75) is 57.5 Å². The van der Waals surface area contributed by atoms with Gasteiger partial charge in [-0.05, 0) is 54.8 Å². The van der Waals surface area contributed by atoms with Crippen molar-refractivity contribution in [3.8, 4) is 0 Å². The van der Waals surface area contributed by atoms with Crippen LogP contribution in [-0.2, 0) is 27.9 Å². The first-order valence-electron chi connectivity index (χ1n) is 12.6. The van der Waals surface area contributed by atoms with E-state index in [1.807, 2.05) is 37.4 Å². The van der Waals surface area contributed by atoms with Gasteiger partial charge in [0.05, 0.1) is 18.0 Å². The number of hydrogen-bond donors (Lipinski definition) is 0. The summed E-state index contributed by atoms with van der Waals surface area (Å²) in [5.74, 6) is -0.171. The van der Waals surface area contributed by atoms with Crippen molar-refractivity contribution in [3.63, 3.8) is 0 Å². The number of amides is 1. The topological polar surface area (TPSA) is 62.6 Å². The van der Waals surface area contributed by atoms with Gasteiger partial charge in [0, 0.05) is 36.0 Å². The van der Waals surface area contributed by atoms with Crippen molar-refractivity contribution in [2.24, 2.45) is 0 Å². The highest BCUT2D eigenvalue weighted by Gasteiger charge is 2.28. The smallest absolute Gasteiger partial charge is 0.243 e. The van der Waals surface area contributed by atoms with E-state index >= 15 is 0 Å². The van der Waals surface area contributed by atoms with E-state index in [1.165, 1.54) is 9.87 Å². The average molecular weight is 575 g/mol. The monoisotopic (exact) mass is 573 g/mol. The first kappa shape index (κ1) is 28.2. The fourth-order valence-corrected chi connectivity index (χ4v) is 5.69. The van der Waals surface area contributed by atoms with Gasteiger partial charge in [0.15, 0.2) is 0 Å². The Morgan fingerprint density at radius 3 is 2.22 bits per heavy atom. The number of hydrogen-bond acceptors (Lipinski definition) is 3. The number of carbonyl (C=O) groups is 1. The minimum absolute atomic E-state index is 0.158. The van der Waals surface area contributed by atoms with Crippen molar-refractivity contribution < 1.29 is 13.2 Å². The molecule has 2 aromatic carbocycles. The Bertz CT molecular complexity index is 1190. The van der Waals surface area contributed by atoms with Crippen molar-refractivity contribution in [3.05, 3.63) is 88.7 Å². The van der Waals surface area contributed by atoms with E-state index in [-0.39, 0.29) is 17.3 Å². The van der Waals surface area contributed by atoms with E-state index in [9.17, 15) is 13.2 Å². The molecule has 0 saturated carbocycles. The fourth-order valence-electron chi connectivity index (χ4n) is 3.98. The van der Waals surface area contributed by atoms with Gasteiger partial charge in [0.1, 0.15) is 0 Å². The quantitative estimate of drug-likeness (QED) is 0.240. The summed E-state index contributed by atoms with van der Waals surface area (Å²) in [7, 11) is -3.76. The van der Waals surface area contributed by atoms with Crippen LogP contribution in [0.1, 0.15) is 50.8 Å². The first-order chi connectivity index (χ1) is 17.3. The van der Waals surface area contributed by atoms with Crippen LogP contribution in [0.25, 0.3) is 0 Å². The fraction of sp³-hybridized carbons (Fsp3) is 0.393. The van der Waals surface area contributed by atoms with E-state index < -0.39 is 10.0 Å². The van der Waals surface area contributed by atoms with Crippen LogP contribution in [0.2, 0.25) is 0 Å². The maximum absolute atomic E-state index is 13.5. The third-order valence-electron chi connectivity index (χ3n) is 6.13. The number of halogens is 1. The zero-order valence-electron chi connectivity index (χ0n) is 21.1. The molecule has 0 atom stereocenters. The molecule has 3 rings (SSSR count). The molecule has 3 aromatic rings. The summed E-state index contributed by atoms with van der Waals surface area (Å²) in [5, 5.41) is 0. The molecule has 0 unspecified atom stereocenters. The number of carbonyl (C=O) groups excluding carboxylic acids is 1. The molecule has 0 bridgehead atoms. The molecule has 1 heterocycles. The molecule has 0 fully saturated rings. The van der Waals surface area contributed by atoms with Gasteiger partial charge in [-0.1, -0.05) is 73.0 Å². The molecule has 0 aliphatic heterocycles. The van der Waals surface area contributed by atoms with Gasteiger partial charge in [0.25, 0.3) is 0 Å². The van der Waals surface area contributed by atoms with Crippen LogP contribution >= 0.6 is 15.9 Å². The minimum Gasteiger partial charge on any atom is -0.345 e. The van der Waals surface area contributed by atoms with E-state index in [0.717, 1.165) is 29.4 Å². The van der Waals surface area contributed by atoms with Crippen molar-refractivity contribution in [1.82, 2.24) is 13.8 Å². The summed E-state index contributed by atoms with van der Waals surface area (Å²) in [6.07, 6.45) is 5.38. The van der Waals surface area contributed by atoms with E-state index in [1.54, 1.807) is 35.2 Å². The summed E-state index contributed by atoms with van der Waals surface area (Å²) < 4.78 is 31.2. The zero-order chi connectivity index (χ0) is 26.0. The largest absolute Gasteiger partial charge is 0.345 e. The summed E-state index contributed by atoms with van der Waals surface area (Å²) >= 11 is 3.48. The average Bonchev–Trinajstić information content (AvgIpc) is 3.32. The summed E-state index contributed by atoms with van der Waals surface area (Å²) in [6, 6.07) is 20.6.